The number of aryl methyl sites for hydroxylation is 2. The fraction of sp³-hybridized carbons (Fsp3) is 0.391. The molecule has 0 saturated carbocycles. The molecule has 0 radical (unpaired) electrons. The highest BCUT2D eigenvalue weighted by atomic mass is 32.1. The lowest BCUT2D eigenvalue weighted by Crippen LogP contribution is -2.25. The number of benzene rings is 1. The van der Waals surface area contributed by atoms with Crippen LogP contribution in [-0.4, -0.2) is 39.3 Å². The van der Waals surface area contributed by atoms with Gasteiger partial charge in [0.15, 0.2) is 0 Å². The maximum Gasteiger partial charge on any atom is 0.262 e. The van der Waals surface area contributed by atoms with Crippen LogP contribution in [0.25, 0.3) is 32.2 Å². The van der Waals surface area contributed by atoms with Crippen molar-refractivity contribution in [1.82, 2.24) is 19.7 Å². The van der Waals surface area contributed by atoms with Crippen molar-refractivity contribution < 1.29 is 0 Å². The Morgan fingerprint density at radius 2 is 1.93 bits per heavy atom. The summed E-state index contributed by atoms with van der Waals surface area (Å²) in [6.07, 6.45) is 1.08. The zero-order valence-electron chi connectivity index (χ0n) is 17.6. The molecule has 0 aliphatic rings. The van der Waals surface area contributed by atoms with Crippen LogP contribution in [0.15, 0.2) is 35.1 Å². The molecule has 6 heteroatoms. The molecule has 152 valence electrons. The van der Waals surface area contributed by atoms with Gasteiger partial charge in [0.25, 0.3) is 5.56 Å². The van der Waals surface area contributed by atoms with Crippen LogP contribution in [0.3, 0.4) is 0 Å². The molecule has 4 rings (SSSR count). The van der Waals surface area contributed by atoms with E-state index >= 15 is 0 Å². The highest BCUT2D eigenvalue weighted by molar-refractivity contribution is 7.15. The number of hydrogen-bond acceptors (Lipinski definition) is 4. The summed E-state index contributed by atoms with van der Waals surface area (Å²) in [6, 6.07) is 10.8. The van der Waals surface area contributed by atoms with Crippen molar-refractivity contribution >= 4 is 33.1 Å². The molecule has 0 saturated heterocycles. The molecular formula is C23H28N4OS. The minimum absolute atomic E-state index is 0.0313. The smallest absolute Gasteiger partial charge is 0.262 e. The normalized spacial score (nSPS) is 11.9. The van der Waals surface area contributed by atoms with E-state index in [-0.39, 0.29) is 5.56 Å². The van der Waals surface area contributed by atoms with Gasteiger partial charge < -0.3 is 9.47 Å². The van der Waals surface area contributed by atoms with E-state index in [1.54, 1.807) is 0 Å². The molecule has 0 aliphatic heterocycles. The number of H-pyrrole nitrogens is 1. The van der Waals surface area contributed by atoms with Crippen LogP contribution >= 0.6 is 11.3 Å². The van der Waals surface area contributed by atoms with Crippen molar-refractivity contribution in [1.29, 1.82) is 0 Å². The fourth-order valence-electron chi connectivity index (χ4n) is 4.03. The Morgan fingerprint density at radius 1 is 1.14 bits per heavy atom. The third-order valence-electron chi connectivity index (χ3n) is 5.78. The first-order chi connectivity index (χ1) is 14.1. The topological polar surface area (TPSA) is 53.9 Å². The second-order valence-corrected chi connectivity index (χ2v) is 8.56. The minimum atomic E-state index is 0.0313. The molecule has 29 heavy (non-hydrogen) atoms. The fourth-order valence-corrected chi connectivity index (χ4v) is 5.03. The van der Waals surface area contributed by atoms with Crippen molar-refractivity contribution in [2.24, 2.45) is 0 Å². The van der Waals surface area contributed by atoms with E-state index in [0.717, 1.165) is 48.2 Å². The Morgan fingerprint density at radius 3 is 2.66 bits per heavy atom. The predicted octanol–water partition coefficient (Wildman–Crippen LogP) is 4.82. The Balaban J connectivity index is 1.76. The number of likely N-dealkylation sites (N-methyl/N-ethyl adjacent to an activating group) is 1. The summed E-state index contributed by atoms with van der Waals surface area (Å²) in [6.45, 7) is 12.3. The lowest BCUT2D eigenvalue weighted by atomic mass is 10.1. The van der Waals surface area contributed by atoms with Gasteiger partial charge in [-0.2, -0.15) is 5.10 Å². The first-order valence-electron chi connectivity index (χ1n) is 10.4. The predicted molar refractivity (Wildman–Crippen MR) is 123 cm³/mol. The van der Waals surface area contributed by atoms with E-state index in [9.17, 15) is 4.79 Å². The highest BCUT2D eigenvalue weighted by Crippen LogP contribution is 2.32. The molecule has 0 amide bonds. The van der Waals surface area contributed by atoms with E-state index < -0.39 is 0 Å². The van der Waals surface area contributed by atoms with Crippen LogP contribution in [-0.2, 0) is 13.0 Å². The molecule has 0 aliphatic carbocycles. The molecule has 0 bridgehead atoms. The Hall–Kier alpha value is -2.44. The molecule has 4 aromatic rings. The first-order valence-corrected chi connectivity index (χ1v) is 11.2. The van der Waals surface area contributed by atoms with Gasteiger partial charge in [-0.1, -0.05) is 19.9 Å². The second kappa shape index (κ2) is 8.13. The summed E-state index contributed by atoms with van der Waals surface area (Å²) in [7, 11) is 0. The van der Waals surface area contributed by atoms with E-state index in [1.807, 2.05) is 29.8 Å². The van der Waals surface area contributed by atoms with Crippen molar-refractivity contribution in [2.45, 2.75) is 40.7 Å². The first kappa shape index (κ1) is 19.9. The summed E-state index contributed by atoms with van der Waals surface area (Å²) in [5.41, 5.74) is 3.75. The summed E-state index contributed by atoms with van der Waals surface area (Å²) in [5.74, 6) is 0. The van der Waals surface area contributed by atoms with Gasteiger partial charge in [-0.3, -0.25) is 9.89 Å². The van der Waals surface area contributed by atoms with Crippen LogP contribution in [0, 0.1) is 6.92 Å². The molecule has 1 N–H and O–H groups in total. The average molecular weight is 409 g/mol. The van der Waals surface area contributed by atoms with E-state index in [4.69, 9.17) is 0 Å². The van der Waals surface area contributed by atoms with Crippen molar-refractivity contribution in [3.8, 4) is 10.4 Å². The molecule has 3 aromatic heterocycles. The third kappa shape index (κ3) is 3.51. The van der Waals surface area contributed by atoms with Gasteiger partial charge in [0.1, 0.15) is 5.52 Å². The lowest BCUT2D eigenvalue weighted by molar-refractivity contribution is 0.308. The molecule has 0 spiro atoms. The molecule has 0 fully saturated rings. The van der Waals surface area contributed by atoms with Crippen LogP contribution < -0.4 is 5.56 Å². The molecular weight excluding hydrogens is 380 g/mol. The van der Waals surface area contributed by atoms with Gasteiger partial charge in [0, 0.05) is 33.9 Å². The number of thiophene rings is 1. The summed E-state index contributed by atoms with van der Waals surface area (Å²) in [4.78, 5) is 18.0. The van der Waals surface area contributed by atoms with Gasteiger partial charge in [-0.05, 0) is 63.2 Å². The monoisotopic (exact) mass is 408 g/mol. The Labute approximate surface area is 175 Å². The number of rotatable bonds is 7. The quantitative estimate of drug-likeness (QED) is 0.477. The maximum atomic E-state index is 12.9. The molecule has 1 aromatic carbocycles. The maximum absolute atomic E-state index is 12.9. The number of fused-ring (bicyclic) bond motifs is 3. The van der Waals surface area contributed by atoms with E-state index in [2.05, 4.69) is 59.3 Å². The van der Waals surface area contributed by atoms with Crippen molar-refractivity contribution in [3.63, 3.8) is 0 Å². The Bertz CT molecular complexity index is 1210. The van der Waals surface area contributed by atoms with Gasteiger partial charge >= 0.3 is 0 Å². The van der Waals surface area contributed by atoms with Crippen molar-refractivity contribution in [2.75, 3.05) is 19.6 Å². The van der Waals surface area contributed by atoms with Crippen LogP contribution in [0.5, 0.6) is 0 Å². The highest BCUT2D eigenvalue weighted by Gasteiger charge is 2.15. The number of hydrogen-bond donors (Lipinski definition) is 1. The molecule has 3 heterocycles. The van der Waals surface area contributed by atoms with Gasteiger partial charge in [-0.15, -0.1) is 11.3 Å². The van der Waals surface area contributed by atoms with Gasteiger partial charge in [0.2, 0.25) is 0 Å². The van der Waals surface area contributed by atoms with E-state index in [0.29, 0.717) is 11.9 Å². The standard InChI is InChI=1S/C23H28N4OS/c1-5-26(6-2)13-12-17-9-11-20(29-17)16-8-10-19-18(14-16)22-21(15(4)24-25-22)23(28)27(19)7-3/h8-11,14H,5-7,12-13H2,1-4H3,(H,24,25). The number of nitrogens with zero attached hydrogens (tertiary/aromatic N) is 3. The molecule has 0 atom stereocenters. The largest absolute Gasteiger partial charge is 0.308 e. The number of aromatic amines is 1. The Kier molecular flexibility index (Phi) is 5.56. The zero-order valence-corrected chi connectivity index (χ0v) is 18.4. The van der Waals surface area contributed by atoms with E-state index in [1.165, 1.54) is 15.3 Å². The molecule has 5 nitrogen and oxygen atoms in total. The van der Waals surface area contributed by atoms with Crippen LogP contribution in [0.2, 0.25) is 0 Å². The summed E-state index contributed by atoms with van der Waals surface area (Å²) < 4.78 is 1.84. The average Bonchev–Trinajstić information content (AvgIpc) is 3.36. The second-order valence-electron chi connectivity index (χ2n) is 7.40. The zero-order chi connectivity index (χ0) is 20.5. The number of nitrogens with one attached hydrogen (secondary N) is 1. The van der Waals surface area contributed by atoms with Gasteiger partial charge in [-0.25, -0.2) is 0 Å². The van der Waals surface area contributed by atoms with Crippen LogP contribution in [0.4, 0.5) is 0 Å². The third-order valence-corrected chi connectivity index (χ3v) is 6.97. The SMILES string of the molecule is CCN(CC)CCc1ccc(-c2ccc3c(c2)c2n[nH]c(C)c2c(=O)n3CC)s1. The lowest BCUT2D eigenvalue weighted by Gasteiger charge is -2.16. The van der Waals surface area contributed by atoms with Gasteiger partial charge in [0.05, 0.1) is 10.9 Å². The number of pyridine rings is 1. The summed E-state index contributed by atoms with van der Waals surface area (Å²) >= 11 is 1.86. The van der Waals surface area contributed by atoms with Crippen molar-refractivity contribution in [3.05, 3.63) is 51.3 Å². The minimum Gasteiger partial charge on any atom is -0.308 e. The number of aromatic nitrogens is 3. The summed E-state index contributed by atoms with van der Waals surface area (Å²) in [5, 5.41) is 9.17. The molecule has 0 unspecified atom stereocenters. The van der Waals surface area contributed by atoms with Crippen LogP contribution in [0.1, 0.15) is 31.3 Å².